The van der Waals surface area contributed by atoms with Crippen LogP contribution in [0.1, 0.15) is 12.5 Å². The van der Waals surface area contributed by atoms with Gasteiger partial charge in [-0.05, 0) is 0 Å². The number of phosphoric ester groups is 2. The van der Waals surface area contributed by atoms with Crippen molar-refractivity contribution in [3.63, 3.8) is 0 Å². The molecule has 12 atom stereocenters. The number of aliphatic hydroxyl groups is 4. The highest BCUT2D eigenvalue weighted by atomic mass is 31.3. The number of rotatable bonds is 14. The first-order valence-corrected chi connectivity index (χ1v) is 20.3. The molecule has 0 saturated carbocycles. The van der Waals surface area contributed by atoms with Crippen LogP contribution in [-0.4, -0.2) is 129 Å². The van der Waals surface area contributed by atoms with Crippen molar-refractivity contribution in [3.05, 3.63) is 25.3 Å². The number of phosphoric acid groups is 4. The number of hydrogen-bond acceptors (Lipinski definition) is 23. The highest BCUT2D eigenvalue weighted by Crippen LogP contribution is 2.71. The predicted molar refractivity (Wildman–Crippen MR) is 166 cm³/mol. The monoisotopic (exact) mass is 836 g/mol. The molecule has 53 heavy (non-hydrogen) atoms. The van der Waals surface area contributed by atoms with Gasteiger partial charge < -0.3 is 60.9 Å². The second-order valence-electron chi connectivity index (χ2n) is 11.0. The Morgan fingerprint density at radius 3 is 1.32 bits per heavy atom. The lowest BCUT2D eigenvalue weighted by molar-refractivity contribution is -0.0505. The third kappa shape index (κ3) is 8.48. The van der Waals surface area contributed by atoms with Crippen molar-refractivity contribution in [2.24, 2.45) is 0 Å². The minimum atomic E-state index is -6.19. The lowest BCUT2D eigenvalue weighted by Gasteiger charge is -2.21. The zero-order valence-corrected chi connectivity index (χ0v) is 29.5. The summed E-state index contributed by atoms with van der Waals surface area (Å²) < 4.78 is 83.4. The summed E-state index contributed by atoms with van der Waals surface area (Å²) in [6.45, 7) is -2.22. The zero-order chi connectivity index (χ0) is 38.7. The van der Waals surface area contributed by atoms with Crippen LogP contribution in [0.4, 0.5) is 11.6 Å². The molecule has 292 valence electrons. The number of nitrogen functional groups attached to an aromatic ring is 2. The molecular formula is C20H28N10O19P4. The first-order valence-electron chi connectivity index (χ1n) is 14.3. The Labute approximate surface area is 293 Å². The Balaban J connectivity index is 1.01. The summed E-state index contributed by atoms with van der Waals surface area (Å²) in [6, 6.07) is 0. The van der Waals surface area contributed by atoms with E-state index in [2.05, 4.69) is 51.9 Å². The van der Waals surface area contributed by atoms with Gasteiger partial charge >= 0.3 is 31.3 Å². The van der Waals surface area contributed by atoms with E-state index in [1.54, 1.807) is 0 Å². The minimum Gasteiger partial charge on any atom is -0.387 e. The molecule has 6 heterocycles. The number of nitrogens with two attached hydrogens (primary N) is 2. The van der Waals surface area contributed by atoms with Crippen LogP contribution in [0, 0.1) is 0 Å². The summed E-state index contributed by atoms with van der Waals surface area (Å²) in [5.74, 6) is -0.0284. The van der Waals surface area contributed by atoms with E-state index in [0.717, 1.165) is 34.4 Å². The van der Waals surface area contributed by atoms with Crippen LogP contribution in [0.15, 0.2) is 25.3 Å². The van der Waals surface area contributed by atoms with Gasteiger partial charge in [0.25, 0.3) is 0 Å². The molecule has 33 heteroatoms. The smallest absolute Gasteiger partial charge is 0.387 e. The van der Waals surface area contributed by atoms with E-state index in [1.165, 1.54) is 0 Å². The van der Waals surface area contributed by atoms with E-state index >= 15 is 0 Å². The van der Waals surface area contributed by atoms with Gasteiger partial charge in [-0.2, -0.15) is 12.9 Å². The Hall–Kier alpha value is -2.98. The van der Waals surface area contributed by atoms with Gasteiger partial charge in [-0.15, -0.1) is 0 Å². The fraction of sp³-hybridized carbons (Fsp3) is 0.500. The number of fused-ring (bicyclic) bond motifs is 2. The van der Waals surface area contributed by atoms with Crippen LogP contribution in [0.5, 0.6) is 0 Å². The van der Waals surface area contributed by atoms with Gasteiger partial charge in [0.2, 0.25) is 0 Å². The molecule has 12 N–H and O–H groups in total. The minimum absolute atomic E-state index is 0.0142. The molecule has 0 bridgehead atoms. The Morgan fingerprint density at radius 1 is 0.585 bits per heavy atom. The Morgan fingerprint density at radius 2 is 0.943 bits per heavy atom. The number of ether oxygens (including phenoxy) is 2. The van der Waals surface area contributed by atoms with Crippen LogP contribution in [0.25, 0.3) is 22.3 Å². The van der Waals surface area contributed by atoms with E-state index in [1.807, 2.05) is 0 Å². The van der Waals surface area contributed by atoms with Gasteiger partial charge in [-0.25, -0.2) is 48.2 Å². The van der Waals surface area contributed by atoms with Gasteiger partial charge in [-0.3, -0.25) is 18.2 Å². The lowest BCUT2D eigenvalue weighted by Crippen LogP contribution is -2.33. The maximum atomic E-state index is 12.4. The van der Waals surface area contributed by atoms with E-state index in [9.17, 15) is 58.3 Å². The summed E-state index contributed by atoms with van der Waals surface area (Å²) in [4.78, 5) is 63.0. The van der Waals surface area contributed by atoms with Crippen molar-refractivity contribution in [2.75, 3.05) is 24.7 Å². The Bertz CT molecular complexity index is 2040. The van der Waals surface area contributed by atoms with Gasteiger partial charge in [0.1, 0.15) is 60.3 Å². The largest absolute Gasteiger partial charge is 0.490 e. The molecule has 0 radical (unpaired) electrons. The van der Waals surface area contributed by atoms with E-state index in [0.29, 0.717) is 0 Å². The topological polar surface area (TPSA) is 434 Å². The lowest BCUT2D eigenvalue weighted by atomic mass is 10.1. The molecule has 29 nitrogen and oxygen atoms in total. The average molecular weight is 836 g/mol. The van der Waals surface area contributed by atoms with Crippen molar-refractivity contribution in [1.29, 1.82) is 0 Å². The third-order valence-electron chi connectivity index (χ3n) is 7.42. The van der Waals surface area contributed by atoms with Gasteiger partial charge in [0.05, 0.1) is 25.9 Å². The normalized spacial score (nSPS) is 30.9. The molecule has 0 aliphatic carbocycles. The highest BCUT2D eigenvalue weighted by Gasteiger charge is 2.50. The van der Waals surface area contributed by atoms with Gasteiger partial charge in [0.15, 0.2) is 35.4 Å². The summed E-state index contributed by atoms with van der Waals surface area (Å²) in [5.41, 5.74) is 11.9. The van der Waals surface area contributed by atoms with Crippen molar-refractivity contribution in [3.8, 4) is 0 Å². The summed E-state index contributed by atoms with van der Waals surface area (Å²) >= 11 is 0. The molecule has 4 unspecified atom stereocenters. The van der Waals surface area contributed by atoms with E-state index < -0.39 is 93.6 Å². The summed E-state index contributed by atoms with van der Waals surface area (Å²) in [6.07, 6.45) is -8.58. The standard InChI is InChI=1S/C20H28N10O19P4/c21-15-9-17(25-3-23-15)29(5-27-9)19-13(33)11(31)7(45-19)1-43-50(35,36)47-52(39,40)49-53(41,42)48-51(37,38)44-2-8-12(32)14(34)20(46-8)30-6-28-10-16(22)24-4-26-18(10)30/h3-8,11-14,19-20,31-34H,1-2H2,(H,35,36)(H,37,38)(H,39,40)(H,41,42)(H2,21,23,25)(H2,22,24,26)/t7-,8+,11-,12+,13-,14+,19-,20+. The van der Waals surface area contributed by atoms with Crippen LogP contribution in [0.2, 0.25) is 0 Å². The number of imidazole rings is 2. The average Bonchev–Trinajstić information content (AvgIpc) is 3.80. The SMILES string of the molecule is Nc1ncnc2c1ncn2[C@@H]1O[C@H](COP(=O)(O)OP(=O)(O)OP(=O)(O)OP(=O)(O)OC[C@@H]2O[C@H](n3cnc4c(N)ncnc43)[C@@H](O)[C@H]2O)[C@@H](O)[C@H]1O. The first kappa shape index (κ1) is 39.7. The molecule has 2 saturated heterocycles. The highest BCUT2D eigenvalue weighted by molar-refractivity contribution is 7.69. The van der Waals surface area contributed by atoms with Crippen molar-refractivity contribution >= 4 is 65.3 Å². The van der Waals surface area contributed by atoms with E-state index in [4.69, 9.17) is 20.9 Å². The van der Waals surface area contributed by atoms with Gasteiger partial charge in [-0.1, -0.05) is 0 Å². The molecule has 2 aliphatic rings. The van der Waals surface area contributed by atoms with Crippen molar-refractivity contribution in [2.45, 2.75) is 49.1 Å². The van der Waals surface area contributed by atoms with Gasteiger partial charge in [0, 0.05) is 0 Å². The number of hydrogen-bond donors (Lipinski definition) is 10. The molecule has 0 amide bonds. The van der Waals surface area contributed by atoms with E-state index in [-0.39, 0.29) is 34.0 Å². The molecular weight excluding hydrogens is 808 g/mol. The zero-order valence-electron chi connectivity index (χ0n) is 25.9. The van der Waals surface area contributed by atoms with Crippen LogP contribution >= 0.6 is 31.3 Å². The fourth-order valence-electron chi connectivity index (χ4n) is 5.11. The molecule has 4 aromatic rings. The maximum Gasteiger partial charge on any atom is 0.490 e. The first-order chi connectivity index (χ1) is 24.7. The number of nitrogens with zero attached hydrogens (tertiary/aromatic N) is 8. The predicted octanol–water partition coefficient (Wildman–Crippen LogP) is -2.45. The molecule has 0 aromatic carbocycles. The number of aliphatic hydroxyl groups excluding tert-OH is 4. The van der Waals surface area contributed by atoms with Crippen molar-refractivity contribution in [1.82, 2.24) is 39.0 Å². The molecule has 0 spiro atoms. The van der Waals surface area contributed by atoms with Crippen LogP contribution < -0.4 is 11.5 Å². The quantitative estimate of drug-likeness (QED) is 0.0589. The number of anilines is 2. The number of aromatic nitrogens is 8. The second kappa shape index (κ2) is 14.6. The third-order valence-corrected chi connectivity index (χ3v) is 13.3. The molecule has 4 aromatic heterocycles. The maximum absolute atomic E-state index is 12.4. The van der Waals surface area contributed by atoms with Crippen LogP contribution in [0.3, 0.4) is 0 Å². The summed E-state index contributed by atoms with van der Waals surface area (Å²) in [7, 11) is -23.9. The van der Waals surface area contributed by atoms with Crippen LogP contribution in [-0.2, 0) is 49.7 Å². The van der Waals surface area contributed by atoms with Crippen molar-refractivity contribution < 1.29 is 89.7 Å². The molecule has 2 aliphatic heterocycles. The Kier molecular flexibility index (Phi) is 10.9. The summed E-state index contributed by atoms with van der Waals surface area (Å²) in [5, 5.41) is 41.8. The second-order valence-corrected chi connectivity index (χ2v) is 17.2. The molecule has 2 fully saturated rings. The fourth-order valence-corrected chi connectivity index (χ4v) is 10.1. The molecule has 6 rings (SSSR count).